The SMILES string of the molecule is CC/C=C\C/C=C\C/C=C\C/C=C\C/C=C\CCCC(=O)OCC(O)COP(=O)(O)OCC(NC(=O)CCCCCCCCC/C=C\CCCCCCCCC)C(=O)O. The summed E-state index contributed by atoms with van der Waals surface area (Å²) in [5.41, 5.74) is 0. The van der Waals surface area contributed by atoms with Gasteiger partial charge in [0.1, 0.15) is 12.7 Å². The second-order valence-electron chi connectivity index (χ2n) is 14.9. The van der Waals surface area contributed by atoms with Crippen molar-refractivity contribution in [1.29, 1.82) is 0 Å². The number of ether oxygens (including phenoxy) is 1. The summed E-state index contributed by atoms with van der Waals surface area (Å²) in [5, 5.41) is 21.8. The first-order valence-corrected chi connectivity index (χ1v) is 24.0. The van der Waals surface area contributed by atoms with Crippen LogP contribution in [0.4, 0.5) is 0 Å². The molecule has 338 valence electrons. The fraction of sp³-hybridized carbons (Fsp3) is 0.681. The van der Waals surface area contributed by atoms with Gasteiger partial charge in [0, 0.05) is 12.8 Å². The standard InChI is InChI=1S/C47H80NO10P/c1-3-5-7-9-11-13-15-17-19-21-23-24-26-28-30-32-34-36-38-45(50)48-44(47(52)53)42-58-59(54,55)57-41-43(49)40-56-46(51)39-37-35-33-31-29-27-25-22-20-18-16-14-12-10-8-6-4-2/h6,8,12,14,18-21,25,27,31,33,43-44,49H,3-5,7,9-11,13,15-17,22-24,26,28-30,32,34-42H2,1-2H3,(H,48,50)(H,52,53)(H,54,55)/b8-6-,14-12-,20-18-,21-19-,27-25-,33-31-. The topological polar surface area (TPSA) is 169 Å². The number of carbonyl (C=O) groups is 3. The number of allylic oxidation sites excluding steroid dienone is 12. The predicted molar refractivity (Wildman–Crippen MR) is 240 cm³/mol. The number of aliphatic hydroxyl groups excluding tert-OH is 1. The van der Waals surface area contributed by atoms with Crippen LogP contribution in [0.3, 0.4) is 0 Å². The summed E-state index contributed by atoms with van der Waals surface area (Å²) in [6.45, 7) is 2.41. The van der Waals surface area contributed by atoms with E-state index in [1.807, 2.05) is 12.2 Å². The highest BCUT2D eigenvalue weighted by Crippen LogP contribution is 2.43. The number of phosphoric ester groups is 1. The van der Waals surface area contributed by atoms with Crippen molar-refractivity contribution < 1.29 is 47.8 Å². The lowest BCUT2D eigenvalue weighted by Crippen LogP contribution is -2.43. The molecular formula is C47H80NO10P. The van der Waals surface area contributed by atoms with E-state index in [0.717, 1.165) is 64.2 Å². The van der Waals surface area contributed by atoms with E-state index >= 15 is 0 Å². The number of hydrogen-bond donors (Lipinski definition) is 4. The summed E-state index contributed by atoms with van der Waals surface area (Å²) in [7, 11) is -4.77. The number of aliphatic hydroxyl groups is 1. The number of aliphatic carboxylic acids is 1. The molecule has 0 aromatic heterocycles. The van der Waals surface area contributed by atoms with Crippen molar-refractivity contribution in [1.82, 2.24) is 5.32 Å². The summed E-state index contributed by atoms with van der Waals surface area (Å²) in [5.74, 6) is -2.45. The molecule has 4 N–H and O–H groups in total. The Morgan fingerprint density at radius 2 is 1.00 bits per heavy atom. The molecule has 0 aromatic rings. The van der Waals surface area contributed by atoms with Crippen LogP contribution in [-0.4, -0.2) is 64.9 Å². The second kappa shape index (κ2) is 41.6. The maximum absolute atomic E-state index is 12.3. The second-order valence-corrected chi connectivity index (χ2v) is 16.3. The molecule has 3 atom stereocenters. The third kappa shape index (κ3) is 41.4. The van der Waals surface area contributed by atoms with Gasteiger partial charge in [-0.2, -0.15) is 0 Å². The van der Waals surface area contributed by atoms with Gasteiger partial charge in [-0.25, -0.2) is 9.36 Å². The molecule has 0 bridgehead atoms. The van der Waals surface area contributed by atoms with E-state index in [1.54, 1.807) is 0 Å². The fourth-order valence-electron chi connectivity index (χ4n) is 5.76. The molecule has 0 aliphatic rings. The van der Waals surface area contributed by atoms with Crippen molar-refractivity contribution in [2.24, 2.45) is 0 Å². The number of unbranched alkanes of at least 4 members (excludes halogenated alkanes) is 15. The molecule has 0 heterocycles. The maximum atomic E-state index is 12.3. The van der Waals surface area contributed by atoms with Crippen LogP contribution < -0.4 is 5.32 Å². The number of carboxylic acid groups (broad SMARTS) is 1. The average Bonchev–Trinajstić information content (AvgIpc) is 3.21. The van der Waals surface area contributed by atoms with E-state index in [2.05, 4.69) is 79.9 Å². The number of amides is 1. The van der Waals surface area contributed by atoms with Crippen molar-refractivity contribution in [2.75, 3.05) is 19.8 Å². The van der Waals surface area contributed by atoms with Gasteiger partial charge in [0.05, 0.1) is 13.2 Å². The first-order valence-electron chi connectivity index (χ1n) is 22.5. The number of esters is 1. The smallest absolute Gasteiger partial charge is 0.472 e. The molecule has 0 saturated carbocycles. The molecule has 59 heavy (non-hydrogen) atoms. The Balaban J connectivity index is 3.98. The molecule has 0 radical (unpaired) electrons. The summed E-state index contributed by atoms with van der Waals surface area (Å²) in [4.78, 5) is 45.9. The van der Waals surface area contributed by atoms with Crippen LogP contribution in [0.5, 0.6) is 0 Å². The minimum Gasteiger partial charge on any atom is -0.480 e. The number of rotatable bonds is 41. The molecule has 1 amide bonds. The van der Waals surface area contributed by atoms with Crippen molar-refractivity contribution >= 4 is 25.7 Å². The van der Waals surface area contributed by atoms with Crippen molar-refractivity contribution in [3.05, 3.63) is 72.9 Å². The largest absolute Gasteiger partial charge is 0.480 e. The molecule has 11 nitrogen and oxygen atoms in total. The predicted octanol–water partition coefficient (Wildman–Crippen LogP) is 11.7. The highest BCUT2D eigenvalue weighted by molar-refractivity contribution is 7.47. The number of phosphoric acid groups is 1. The van der Waals surface area contributed by atoms with E-state index in [1.165, 1.54) is 64.2 Å². The van der Waals surface area contributed by atoms with Gasteiger partial charge in [0.2, 0.25) is 5.91 Å². The van der Waals surface area contributed by atoms with Gasteiger partial charge in [0.15, 0.2) is 6.04 Å². The van der Waals surface area contributed by atoms with Gasteiger partial charge in [-0.05, 0) is 77.0 Å². The van der Waals surface area contributed by atoms with E-state index in [-0.39, 0.29) is 12.8 Å². The number of carbonyl (C=O) groups excluding carboxylic acids is 2. The molecule has 0 fully saturated rings. The summed E-state index contributed by atoms with van der Waals surface area (Å²) >= 11 is 0. The highest BCUT2D eigenvalue weighted by Gasteiger charge is 2.28. The molecule has 3 unspecified atom stereocenters. The van der Waals surface area contributed by atoms with Crippen LogP contribution in [0.1, 0.15) is 174 Å². The van der Waals surface area contributed by atoms with Crippen molar-refractivity contribution in [3.8, 4) is 0 Å². The molecule has 0 aliphatic heterocycles. The Labute approximate surface area is 357 Å². The number of hydrogen-bond acceptors (Lipinski definition) is 8. The van der Waals surface area contributed by atoms with Crippen LogP contribution in [0.2, 0.25) is 0 Å². The van der Waals surface area contributed by atoms with Crippen LogP contribution in [0, 0.1) is 0 Å². The van der Waals surface area contributed by atoms with E-state index in [4.69, 9.17) is 13.8 Å². The first-order chi connectivity index (χ1) is 28.6. The van der Waals surface area contributed by atoms with Crippen LogP contribution in [-0.2, 0) is 32.7 Å². The molecule has 0 saturated heterocycles. The molecule has 0 rings (SSSR count). The summed E-state index contributed by atoms with van der Waals surface area (Å²) in [6, 6.07) is -1.56. The Hall–Kier alpha value is -3.08. The Morgan fingerprint density at radius 3 is 1.53 bits per heavy atom. The zero-order valence-electron chi connectivity index (χ0n) is 36.5. The minimum atomic E-state index is -4.77. The number of nitrogens with one attached hydrogen (secondary N) is 1. The van der Waals surface area contributed by atoms with Crippen molar-refractivity contribution in [3.63, 3.8) is 0 Å². The van der Waals surface area contributed by atoms with Crippen LogP contribution in [0.15, 0.2) is 72.9 Å². The molecular weight excluding hydrogens is 769 g/mol. The third-order valence-electron chi connectivity index (χ3n) is 9.23. The van der Waals surface area contributed by atoms with Crippen LogP contribution >= 0.6 is 7.82 Å². The fourth-order valence-corrected chi connectivity index (χ4v) is 6.53. The van der Waals surface area contributed by atoms with E-state index in [0.29, 0.717) is 19.3 Å². The zero-order valence-corrected chi connectivity index (χ0v) is 37.4. The van der Waals surface area contributed by atoms with Gasteiger partial charge in [0.25, 0.3) is 0 Å². The monoisotopic (exact) mass is 850 g/mol. The lowest BCUT2D eigenvalue weighted by Gasteiger charge is -2.18. The average molecular weight is 850 g/mol. The summed E-state index contributed by atoms with van der Waals surface area (Å²) in [6.07, 6.45) is 49.3. The van der Waals surface area contributed by atoms with Gasteiger partial charge in [-0.1, -0.05) is 157 Å². The van der Waals surface area contributed by atoms with Crippen molar-refractivity contribution in [2.45, 2.75) is 187 Å². The molecule has 0 spiro atoms. The highest BCUT2D eigenvalue weighted by atomic mass is 31.2. The molecule has 0 aliphatic carbocycles. The Bertz CT molecular complexity index is 1280. The third-order valence-corrected chi connectivity index (χ3v) is 10.2. The molecule has 12 heteroatoms. The maximum Gasteiger partial charge on any atom is 0.472 e. The van der Waals surface area contributed by atoms with Gasteiger partial charge in [-0.15, -0.1) is 0 Å². The summed E-state index contributed by atoms with van der Waals surface area (Å²) < 4.78 is 26.8. The lowest BCUT2D eigenvalue weighted by molar-refractivity contribution is -0.147. The van der Waals surface area contributed by atoms with E-state index < -0.39 is 57.6 Å². The molecule has 0 aromatic carbocycles. The minimum absolute atomic E-state index is 0.134. The quantitative estimate of drug-likeness (QED) is 0.0201. The van der Waals surface area contributed by atoms with E-state index in [9.17, 15) is 34.1 Å². The van der Waals surface area contributed by atoms with Gasteiger partial charge in [-0.3, -0.25) is 18.6 Å². The number of carboxylic acids is 1. The Kier molecular flexibility index (Phi) is 39.5. The lowest BCUT2D eigenvalue weighted by atomic mass is 10.1. The first kappa shape index (κ1) is 55.9. The van der Waals surface area contributed by atoms with Crippen LogP contribution in [0.25, 0.3) is 0 Å². The Morgan fingerprint density at radius 1 is 0.559 bits per heavy atom. The zero-order chi connectivity index (χ0) is 43.5. The van der Waals surface area contributed by atoms with Gasteiger partial charge < -0.3 is 25.2 Å². The normalized spacial score (nSPS) is 14.4. The van der Waals surface area contributed by atoms with Gasteiger partial charge >= 0.3 is 19.8 Å².